The molecule has 0 saturated heterocycles. The van der Waals surface area contributed by atoms with Crippen molar-refractivity contribution < 1.29 is 13.7 Å². The second kappa shape index (κ2) is 6.39. The summed E-state index contributed by atoms with van der Waals surface area (Å²) < 4.78 is 10.5. The predicted octanol–water partition coefficient (Wildman–Crippen LogP) is 2.35. The minimum atomic E-state index is -0.172. The summed E-state index contributed by atoms with van der Waals surface area (Å²) in [5.41, 5.74) is 2.20. The van der Waals surface area contributed by atoms with Crippen LogP contribution < -0.4 is 5.32 Å². The molecule has 0 aliphatic carbocycles. The topological polar surface area (TPSA) is 97.3 Å². The highest BCUT2D eigenvalue weighted by molar-refractivity contribution is 5.93. The van der Waals surface area contributed by atoms with Crippen molar-refractivity contribution >= 4 is 11.7 Å². The third-order valence-electron chi connectivity index (χ3n) is 4.08. The molecule has 0 unspecified atom stereocenters. The van der Waals surface area contributed by atoms with Crippen LogP contribution in [-0.4, -0.2) is 39.3 Å². The Balaban J connectivity index is 1.53. The van der Waals surface area contributed by atoms with Crippen LogP contribution in [0.4, 0.5) is 5.82 Å². The van der Waals surface area contributed by atoms with Crippen molar-refractivity contribution in [3.8, 4) is 11.5 Å². The van der Waals surface area contributed by atoms with E-state index in [2.05, 4.69) is 20.7 Å². The highest BCUT2D eigenvalue weighted by Crippen LogP contribution is 2.23. The number of hydrogen-bond donors (Lipinski definition) is 1. The molecular weight excluding hydrogens is 322 g/mol. The van der Waals surface area contributed by atoms with E-state index < -0.39 is 0 Å². The van der Waals surface area contributed by atoms with E-state index in [1.165, 1.54) is 0 Å². The summed E-state index contributed by atoms with van der Waals surface area (Å²) in [5.74, 6) is 1.53. The van der Waals surface area contributed by atoms with Crippen LogP contribution in [0.1, 0.15) is 28.7 Å². The fraction of sp³-hybridized carbons (Fsp3) is 0.294. The summed E-state index contributed by atoms with van der Waals surface area (Å²) in [6.07, 6.45) is 2.22. The van der Waals surface area contributed by atoms with Crippen LogP contribution in [0.15, 0.2) is 39.5 Å². The maximum Gasteiger partial charge on any atom is 0.276 e. The maximum atomic E-state index is 12.7. The largest absolute Gasteiger partial charge is 0.461 e. The Labute approximate surface area is 143 Å². The predicted molar refractivity (Wildman–Crippen MR) is 88.8 cm³/mol. The molecule has 1 amide bonds. The van der Waals surface area contributed by atoms with Gasteiger partial charge < -0.3 is 19.2 Å². The van der Waals surface area contributed by atoms with E-state index in [0.717, 1.165) is 23.6 Å². The normalized spacial score (nSPS) is 13.6. The molecule has 4 heterocycles. The van der Waals surface area contributed by atoms with E-state index in [-0.39, 0.29) is 11.6 Å². The van der Waals surface area contributed by atoms with Crippen LogP contribution in [0.5, 0.6) is 0 Å². The molecule has 1 N–H and O–H groups in total. The lowest BCUT2D eigenvalue weighted by atomic mass is 10.1. The quantitative estimate of drug-likeness (QED) is 0.779. The van der Waals surface area contributed by atoms with Crippen LogP contribution in [0.3, 0.4) is 0 Å². The Hall–Kier alpha value is -3.16. The highest BCUT2D eigenvalue weighted by atomic mass is 16.5. The standard InChI is InChI=1S/C17H17N5O3/c1-2-18-16-8-11-10-22(6-5-12(11)19-20-16)17(23)13-9-15(25-21-13)14-4-3-7-24-14/h3-4,7-9H,2,5-6,10H2,1H3,(H,18,20). The van der Waals surface area contributed by atoms with Gasteiger partial charge in [-0.1, -0.05) is 5.16 Å². The molecule has 8 heteroatoms. The number of hydrogen-bond acceptors (Lipinski definition) is 7. The summed E-state index contributed by atoms with van der Waals surface area (Å²) in [5, 5.41) is 15.4. The van der Waals surface area contributed by atoms with E-state index in [4.69, 9.17) is 8.94 Å². The van der Waals surface area contributed by atoms with E-state index in [1.807, 2.05) is 13.0 Å². The molecule has 0 bridgehead atoms. The van der Waals surface area contributed by atoms with Crippen molar-refractivity contribution in [1.29, 1.82) is 0 Å². The molecule has 0 atom stereocenters. The van der Waals surface area contributed by atoms with Gasteiger partial charge in [0.2, 0.25) is 5.76 Å². The second-order valence-corrected chi connectivity index (χ2v) is 5.76. The first-order valence-electron chi connectivity index (χ1n) is 8.14. The molecule has 1 aliphatic rings. The highest BCUT2D eigenvalue weighted by Gasteiger charge is 2.26. The molecule has 0 saturated carbocycles. The molecule has 3 aromatic rings. The van der Waals surface area contributed by atoms with Crippen molar-refractivity contribution in [1.82, 2.24) is 20.3 Å². The molecule has 0 radical (unpaired) electrons. The molecule has 8 nitrogen and oxygen atoms in total. The Bertz CT molecular complexity index is 888. The van der Waals surface area contributed by atoms with E-state index in [0.29, 0.717) is 31.0 Å². The van der Waals surface area contributed by atoms with Gasteiger partial charge in [0.15, 0.2) is 11.5 Å². The zero-order valence-corrected chi connectivity index (χ0v) is 13.7. The lowest BCUT2D eigenvalue weighted by molar-refractivity contribution is 0.0722. The third-order valence-corrected chi connectivity index (χ3v) is 4.08. The lowest BCUT2D eigenvalue weighted by Crippen LogP contribution is -2.36. The third kappa shape index (κ3) is 2.98. The van der Waals surface area contributed by atoms with Crippen molar-refractivity contribution in [3.05, 3.63) is 47.5 Å². The Kier molecular flexibility index (Phi) is 3.93. The van der Waals surface area contributed by atoms with Gasteiger partial charge in [0.05, 0.1) is 12.0 Å². The van der Waals surface area contributed by atoms with Crippen molar-refractivity contribution in [3.63, 3.8) is 0 Å². The van der Waals surface area contributed by atoms with E-state index in [9.17, 15) is 4.79 Å². The number of nitrogens with one attached hydrogen (secondary N) is 1. The first kappa shape index (κ1) is 15.4. The van der Waals surface area contributed by atoms with Crippen LogP contribution in [-0.2, 0) is 13.0 Å². The summed E-state index contributed by atoms with van der Waals surface area (Å²) in [6, 6.07) is 7.06. The molecule has 0 spiro atoms. The van der Waals surface area contributed by atoms with Crippen LogP contribution in [0, 0.1) is 0 Å². The van der Waals surface area contributed by atoms with Gasteiger partial charge in [0, 0.05) is 32.1 Å². The fourth-order valence-corrected chi connectivity index (χ4v) is 2.84. The number of amides is 1. The van der Waals surface area contributed by atoms with Gasteiger partial charge in [-0.15, -0.1) is 5.10 Å². The number of fused-ring (bicyclic) bond motifs is 1. The number of carbonyl (C=O) groups excluding carboxylic acids is 1. The number of carbonyl (C=O) groups is 1. The summed E-state index contributed by atoms with van der Waals surface area (Å²) >= 11 is 0. The Morgan fingerprint density at radius 3 is 3.04 bits per heavy atom. The van der Waals surface area contributed by atoms with E-state index in [1.54, 1.807) is 29.4 Å². The molecular formula is C17H17N5O3. The minimum Gasteiger partial charge on any atom is -0.461 e. The summed E-state index contributed by atoms with van der Waals surface area (Å²) in [4.78, 5) is 14.5. The first-order valence-corrected chi connectivity index (χ1v) is 8.14. The minimum absolute atomic E-state index is 0.172. The monoisotopic (exact) mass is 339 g/mol. The van der Waals surface area contributed by atoms with Crippen LogP contribution in [0.25, 0.3) is 11.5 Å². The zero-order chi connectivity index (χ0) is 17.2. The lowest BCUT2D eigenvalue weighted by Gasteiger charge is -2.27. The second-order valence-electron chi connectivity index (χ2n) is 5.76. The molecule has 1 aliphatic heterocycles. The van der Waals surface area contributed by atoms with E-state index >= 15 is 0 Å². The summed E-state index contributed by atoms with van der Waals surface area (Å²) in [6.45, 7) is 3.82. The van der Waals surface area contributed by atoms with Crippen molar-refractivity contribution in [2.24, 2.45) is 0 Å². The van der Waals surface area contributed by atoms with Gasteiger partial charge in [-0.25, -0.2) is 0 Å². The zero-order valence-electron chi connectivity index (χ0n) is 13.7. The van der Waals surface area contributed by atoms with Crippen molar-refractivity contribution in [2.75, 3.05) is 18.4 Å². The van der Waals surface area contributed by atoms with Gasteiger partial charge in [-0.2, -0.15) is 5.10 Å². The SMILES string of the molecule is CCNc1cc2c(nn1)CCN(C(=O)c1cc(-c3ccco3)on1)C2. The van der Waals surface area contributed by atoms with Crippen LogP contribution >= 0.6 is 0 Å². The Morgan fingerprint density at radius 2 is 2.24 bits per heavy atom. The summed E-state index contributed by atoms with van der Waals surface area (Å²) in [7, 11) is 0. The van der Waals surface area contributed by atoms with Gasteiger partial charge in [-0.05, 0) is 30.7 Å². The average molecular weight is 339 g/mol. The van der Waals surface area contributed by atoms with Crippen LogP contribution in [0.2, 0.25) is 0 Å². The van der Waals surface area contributed by atoms with Gasteiger partial charge >= 0.3 is 0 Å². The molecule has 0 fully saturated rings. The Morgan fingerprint density at radius 1 is 1.32 bits per heavy atom. The smallest absolute Gasteiger partial charge is 0.276 e. The van der Waals surface area contributed by atoms with Crippen molar-refractivity contribution in [2.45, 2.75) is 19.9 Å². The number of furan rings is 1. The first-order chi connectivity index (χ1) is 12.2. The maximum absolute atomic E-state index is 12.7. The van der Waals surface area contributed by atoms with Gasteiger partial charge in [-0.3, -0.25) is 4.79 Å². The number of aromatic nitrogens is 3. The fourth-order valence-electron chi connectivity index (χ4n) is 2.84. The average Bonchev–Trinajstić information content (AvgIpc) is 3.32. The molecule has 128 valence electrons. The number of anilines is 1. The molecule has 25 heavy (non-hydrogen) atoms. The molecule has 4 rings (SSSR count). The number of rotatable bonds is 4. The van der Waals surface area contributed by atoms with Gasteiger partial charge in [0.25, 0.3) is 5.91 Å². The molecule has 0 aromatic carbocycles. The van der Waals surface area contributed by atoms with Gasteiger partial charge in [0.1, 0.15) is 5.82 Å². The number of nitrogens with zero attached hydrogens (tertiary/aromatic N) is 4. The molecule has 3 aromatic heterocycles.